The SMILES string of the molecule is CC(C)CCNC(=S)NNC(=O)[C@@H](C)Sc1ccccc1. The molecule has 0 aliphatic carbocycles. The van der Waals surface area contributed by atoms with Gasteiger partial charge in [0.2, 0.25) is 0 Å². The molecule has 1 aromatic carbocycles. The van der Waals surface area contributed by atoms with E-state index in [1.54, 1.807) is 0 Å². The van der Waals surface area contributed by atoms with Crippen LogP contribution < -0.4 is 16.2 Å². The molecule has 0 radical (unpaired) electrons. The number of thioether (sulfide) groups is 1. The van der Waals surface area contributed by atoms with Crippen LogP contribution in [0.5, 0.6) is 0 Å². The number of hydrazine groups is 1. The monoisotopic (exact) mass is 325 g/mol. The van der Waals surface area contributed by atoms with E-state index in [2.05, 4.69) is 30.0 Å². The van der Waals surface area contributed by atoms with Gasteiger partial charge in [0.25, 0.3) is 5.91 Å². The van der Waals surface area contributed by atoms with Gasteiger partial charge in [0, 0.05) is 11.4 Å². The maximum Gasteiger partial charge on any atom is 0.251 e. The fourth-order valence-electron chi connectivity index (χ4n) is 1.50. The Bertz CT molecular complexity index is 451. The molecule has 0 aliphatic heterocycles. The number of hydrogen-bond acceptors (Lipinski definition) is 3. The maximum atomic E-state index is 12.0. The van der Waals surface area contributed by atoms with Crippen LogP contribution in [0.2, 0.25) is 0 Å². The van der Waals surface area contributed by atoms with Gasteiger partial charge in [0.05, 0.1) is 5.25 Å². The van der Waals surface area contributed by atoms with Crippen molar-refractivity contribution in [1.29, 1.82) is 0 Å². The van der Waals surface area contributed by atoms with Crippen molar-refractivity contribution < 1.29 is 4.79 Å². The Morgan fingerprint density at radius 2 is 1.86 bits per heavy atom. The minimum atomic E-state index is -0.196. The standard InChI is InChI=1S/C15H23N3OS2/c1-11(2)9-10-16-15(20)18-17-14(19)12(3)21-13-7-5-4-6-8-13/h4-8,11-12H,9-10H2,1-3H3,(H,17,19)(H2,16,18,20)/t12-/m1/s1. The van der Waals surface area contributed by atoms with Gasteiger partial charge < -0.3 is 5.32 Å². The zero-order valence-corrected chi connectivity index (χ0v) is 14.3. The lowest BCUT2D eigenvalue weighted by Gasteiger charge is -2.15. The van der Waals surface area contributed by atoms with Gasteiger partial charge in [-0.2, -0.15) is 0 Å². The molecule has 1 rings (SSSR count). The molecular weight excluding hydrogens is 302 g/mol. The molecule has 0 aliphatic rings. The molecule has 1 aromatic rings. The Balaban J connectivity index is 2.25. The molecule has 1 atom stereocenters. The third-order valence-corrected chi connectivity index (χ3v) is 4.09. The lowest BCUT2D eigenvalue weighted by molar-refractivity contribution is -0.120. The smallest absolute Gasteiger partial charge is 0.251 e. The van der Waals surface area contributed by atoms with Crippen molar-refractivity contribution in [3.63, 3.8) is 0 Å². The summed E-state index contributed by atoms with van der Waals surface area (Å²) in [6, 6.07) is 9.84. The first-order chi connectivity index (χ1) is 9.99. The van der Waals surface area contributed by atoms with Gasteiger partial charge in [-0.25, -0.2) is 0 Å². The first kappa shape index (κ1) is 17.8. The number of carbonyl (C=O) groups excluding carboxylic acids is 1. The highest BCUT2D eigenvalue weighted by Gasteiger charge is 2.14. The molecule has 1 amide bonds. The van der Waals surface area contributed by atoms with Crippen molar-refractivity contribution in [2.24, 2.45) is 5.92 Å². The van der Waals surface area contributed by atoms with Gasteiger partial charge >= 0.3 is 0 Å². The first-order valence-corrected chi connectivity index (χ1v) is 8.33. The average Bonchev–Trinajstić information content (AvgIpc) is 2.45. The molecule has 0 unspecified atom stereocenters. The maximum absolute atomic E-state index is 12.0. The second kappa shape index (κ2) is 9.63. The third kappa shape index (κ3) is 7.92. The summed E-state index contributed by atoms with van der Waals surface area (Å²) in [7, 11) is 0. The van der Waals surface area contributed by atoms with Gasteiger partial charge in [-0.1, -0.05) is 32.0 Å². The lowest BCUT2D eigenvalue weighted by atomic mass is 10.1. The van der Waals surface area contributed by atoms with E-state index in [9.17, 15) is 4.79 Å². The van der Waals surface area contributed by atoms with Crippen molar-refractivity contribution in [1.82, 2.24) is 16.2 Å². The molecule has 0 aromatic heterocycles. The van der Waals surface area contributed by atoms with Crippen molar-refractivity contribution in [3.8, 4) is 0 Å². The van der Waals surface area contributed by atoms with Crippen LogP contribution in [0.25, 0.3) is 0 Å². The van der Waals surface area contributed by atoms with E-state index in [-0.39, 0.29) is 11.2 Å². The summed E-state index contributed by atoms with van der Waals surface area (Å²) in [5.41, 5.74) is 5.36. The van der Waals surface area contributed by atoms with E-state index in [0.717, 1.165) is 17.9 Å². The zero-order valence-electron chi connectivity index (χ0n) is 12.7. The third-order valence-electron chi connectivity index (χ3n) is 2.73. The highest BCUT2D eigenvalue weighted by molar-refractivity contribution is 8.00. The average molecular weight is 326 g/mol. The minimum absolute atomic E-state index is 0.100. The van der Waals surface area contributed by atoms with Gasteiger partial charge in [-0.15, -0.1) is 11.8 Å². The summed E-state index contributed by atoms with van der Waals surface area (Å²) in [6.07, 6.45) is 1.04. The van der Waals surface area contributed by atoms with E-state index in [1.165, 1.54) is 11.8 Å². The Labute approximate surface area is 136 Å². The summed E-state index contributed by atoms with van der Waals surface area (Å²) < 4.78 is 0. The van der Waals surface area contributed by atoms with E-state index in [4.69, 9.17) is 12.2 Å². The number of thiocarbonyl (C=S) groups is 1. The quantitative estimate of drug-likeness (QED) is 0.426. The largest absolute Gasteiger partial charge is 0.361 e. The predicted octanol–water partition coefficient (Wildman–Crippen LogP) is 2.71. The highest BCUT2D eigenvalue weighted by atomic mass is 32.2. The van der Waals surface area contributed by atoms with Crippen LogP contribution in [0.1, 0.15) is 27.2 Å². The van der Waals surface area contributed by atoms with Gasteiger partial charge in [-0.3, -0.25) is 15.6 Å². The molecule has 0 fully saturated rings. The summed E-state index contributed by atoms with van der Waals surface area (Å²) in [4.78, 5) is 13.0. The predicted molar refractivity (Wildman–Crippen MR) is 93.1 cm³/mol. The Morgan fingerprint density at radius 3 is 2.48 bits per heavy atom. The summed E-state index contributed by atoms with van der Waals surface area (Å²) in [5, 5.41) is 3.31. The minimum Gasteiger partial charge on any atom is -0.361 e. The van der Waals surface area contributed by atoms with Crippen molar-refractivity contribution in [3.05, 3.63) is 30.3 Å². The molecule has 116 valence electrons. The first-order valence-electron chi connectivity index (χ1n) is 7.04. The van der Waals surface area contributed by atoms with E-state index in [1.807, 2.05) is 37.3 Å². The molecule has 0 saturated heterocycles. The highest BCUT2D eigenvalue weighted by Crippen LogP contribution is 2.22. The van der Waals surface area contributed by atoms with Gasteiger partial charge in [0.15, 0.2) is 5.11 Å². The lowest BCUT2D eigenvalue weighted by Crippen LogP contribution is -2.49. The molecule has 3 N–H and O–H groups in total. The van der Waals surface area contributed by atoms with Crippen LogP contribution in [0.3, 0.4) is 0 Å². The van der Waals surface area contributed by atoms with Crippen molar-refractivity contribution in [2.45, 2.75) is 37.3 Å². The fraction of sp³-hybridized carbons (Fsp3) is 0.467. The summed E-state index contributed by atoms with van der Waals surface area (Å²) in [5.74, 6) is 0.522. The van der Waals surface area contributed by atoms with Crippen LogP contribution in [0.15, 0.2) is 35.2 Å². The second-order valence-electron chi connectivity index (χ2n) is 5.13. The molecular formula is C15H23N3OS2. The number of amides is 1. The number of rotatable bonds is 6. The fourth-order valence-corrected chi connectivity index (χ4v) is 2.54. The van der Waals surface area contributed by atoms with Crippen LogP contribution >= 0.6 is 24.0 Å². The van der Waals surface area contributed by atoms with Crippen molar-refractivity contribution in [2.75, 3.05) is 6.54 Å². The number of hydrogen-bond donors (Lipinski definition) is 3. The van der Waals surface area contributed by atoms with Crippen LogP contribution in [0.4, 0.5) is 0 Å². The van der Waals surface area contributed by atoms with Gasteiger partial charge in [-0.05, 0) is 43.6 Å². The molecule has 0 bridgehead atoms. The molecule has 21 heavy (non-hydrogen) atoms. The van der Waals surface area contributed by atoms with Crippen molar-refractivity contribution >= 4 is 35.0 Å². The number of nitrogens with one attached hydrogen (secondary N) is 3. The summed E-state index contributed by atoms with van der Waals surface area (Å²) >= 11 is 6.61. The normalized spacial score (nSPS) is 11.8. The van der Waals surface area contributed by atoms with Crippen LogP contribution in [-0.2, 0) is 4.79 Å². The molecule has 0 heterocycles. The summed E-state index contributed by atoms with van der Waals surface area (Å²) in [6.45, 7) is 6.97. The molecule has 0 saturated carbocycles. The zero-order chi connectivity index (χ0) is 15.7. The van der Waals surface area contributed by atoms with Crippen LogP contribution in [0, 0.1) is 5.92 Å². The van der Waals surface area contributed by atoms with E-state index in [0.29, 0.717) is 11.0 Å². The van der Waals surface area contributed by atoms with Crippen LogP contribution in [-0.4, -0.2) is 22.8 Å². The van der Waals surface area contributed by atoms with E-state index >= 15 is 0 Å². The second-order valence-corrected chi connectivity index (χ2v) is 6.95. The Hall–Kier alpha value is -1.27. The number of benzene rings is 1. The Kier molecular flexibility index (Phi) is 8.15. The Morgan fingerprint density at radius 1 is 1.19 bits per heavy atom. The van der Waals surface area contributed by atoms with Gasteiger partial charge in [0.1, 0.15) is 0 Å². The molecule has 6 heteroatoms. The number of carbonyl (C=O) groups is 1. The van der Waals surface area contributed by atoms with E-state index < -0.39 is 0 Å². The topological polar surface area (TPSA) is 53.2 Å². The molecule has 0 spiro atoms. The molecule has 4 nitrogen and oxygen atoms in total.